The van der Waals surface area contributed by atoms with Gasteiger partial charge in [-0.1, -0.05) is 19.6 Å². The minimum absolute atomic E-state index is 0.299. The van der Waals surface area contributed by atoms with Crippen LogP contribution in [0.15, 0.2) is 24.8 Å². The molecule has 1 heteroatoms. The van der Waals surface area contributed by atoms with Crippen LogP contribution < -0.4 is 0 Å². The molecule has 0 aromatic heterocycles. The summed E-state index contributed by atoms with van der Waals surface area (Å²) in [5.74, 6) is 0.854. The third-order valence-electron chi connectivity index (χ3n) is 2.90. The van der Waals surface area contributed by atoms with E-state index in [2.05, 4.69) is 20.1 Å². The Hall–Kier alpha value is -0.560. The third-order valence-corrected chi connectivity index (χ3v) is 2.90. The van der Waals surface area contributed by atoms with Crippen molar-refractivity contribution < 1.29 is 5.11 Å². The zero-order chi connectivity index (χ0) is 9.14. The Balaban J connectivity index is 2.58. The number of aliphatic hydroxyl groups excluding tert-OH is 1. The van der Waals surface area contributed by atoms with Crippen LogP contribution in [0.3, 0.4) is 0 Å². The molecule has 0 heterocycles. The van der Waals surface area contributed by atoms with Gasteiger partial charge in [0.15, 0.2) is 0 Å². The minimum atomic E-state index is -0.299. The van der Waals surface area contributed by atoms with E-state index in [1.54, 1.807) is 0 Å². The maximum atomic E-state index is 9.79. The van der Waals surface area contributed by atoms with Crippen molar-refractivity contribution in [3.05, 3.63) is 24.8 Å². The second-order valence-electron chi connectivity index (χ2n) is 3.78. The summed E-state index contributed by atoms with van der Waals surface area (Å²) in [7, 11) is 0. The smallest absolute Gasteiger partial charge is 0.0781 e. The Morgan fingerprint density at radius 1 is 1.58 bits per heavy atom. The van der Waals surface area contributed by atoms with Gasteiger partial charge in [0, 0.05) is 0 Å². The molecule has 0 spiro atoms. The largest absolute Gasteiger partial charge is 0.388 e. The van der Waals surface area contributed by atoms with Gasteiger partial charge in [-0.2, -0.15) is 0 Å². The predicted molar refractivity (Wildman–Crippen MR) is 51.8 cm³/mol. The van der Waals surface area contributed by atoms with Crippen LogP contribution in [0.25, 0.3) is 0 Å². The fraction of sp³-hybridized carbons (Fsp3) is 0.636. The lowest BCUT2D eigenvalue weighted by Gasteiger charge is -2.33. The van der Waals surface area contributed by atoms with Crippen molar-refractivity contribution in [3.63, 3.8) is 0 Å². The summed E-state index contributed by atoms with van der Waals surface area (Å²) in [5, 5.41) is 9.79. The lowest BCUT2D eigenvalue weighted by atomic mass is 9.76. The van der Waals surface area contributed by atoms with Gasteiger partial charge in [0.25, 0.3) is 0 Å². The molecule has 0 aromatic rings. The van der Waals surface area contributed by atoms with E-state index in [1.807, 2.05) is 6.08 Å². The first-order chi connectivity index (χ1) is 5.66. The van der Waals surface area contributed by atoms with Gasteiger partial charge in [-0.05, 0) is 36.7 Å². The number of allylic oxidation sites excluding steroid dienone is 1. The van der Waals surface area contributed by atoms with Crippen LogP contribution in [0.4, 0.5) is 0 Å². The van der Waals surface area contributed by atoms with Crippen LogP contribution in [0.1, 0.15) is 26.2 Å². The summed E-state index contributed by atoms with van der Waals surface area (Å²) >= 11 is 0. The van der Waals surface area contributed by atoms with Crippen LogP contribution in [0.5, 0.6) is 0 Å². The number of hydrogen-bond acceptors (Lipinski definition) is 1. The molecule has 0 aromatic carbocycles. The first-order valence-corrected chi connectivity index (χ1v) is 4.64. The average Bonchev–Trinajstić information content (AvgIpc) is 2.07. The van der Waals surface area contributed by atoms with Gasteiger partial charge in [-0.25, -0.2) is 0 Å². The Morgan fingerprint density at radius 3 is 2.83 bits per heavy atom. The van der Waals surface area contributed by atoms with Gasteiger partial charge in [0.05, 0.1) is 6.10 Å². The van der Waals surface area contributed by atoms with E-state index in [0.29, 0.717) is 11.8 Å². The van der Waals surface area contributed by atoms with E-state index >= 15 is 0 Å². The molecule has 0 bridgehead atoms. The molecule has 3 atom stereocenters. The molecule has 68 valence electrons. The average molecular weight is 166 g/mol. The van der Waals surface area contributed by atoms with Crippen molar-refractivity contribution in [1.82, 2.24) is 0 Å². The van der Waals surface area contributed by atoms with Crippen LogP contribution in [0, 0.1) is 11.8 Å². The molecule has 3 unspecified atom stereocenters. The topological polar surface area (TPSA) is 20.2 Å². The van der Waals surface area contributed by atoms with Crippen molar-refractivity contribution in [2.45, 2.75) is 32.3 Å². The Labute approximate surface area is 74.8 Å². The van der Waals surface area contributed by atoms with Crippen LogP contribution in [-0.4, -0.2) is 11.2 Å². The fourth-order valence-corrected chi connectivity index (χ4v) is 1.86. The molecule has 0 saturated heterocycles. The SMILES string of the molecule is C=CCC1CCC(C)C(=C)C1O. The van der Waals surface area contributed by atoms with E-state index in [-0.39, 0.29) is 6.10 Å². The summed E-state index contributed by atoms with van der Waals surface area (Å²) in [6.07, 6.45) is 4.76. The molecule has 0 amide bonds. The maximum Gasteiger partial charge on any atom is 0.0781 e. The summed E-state index contributed by atoms with van der Waals surface area (Å²) in [5.41, 5.74) is 1.01. The monoisotopic (exact) mass is 166 g/mol. The highest BCUT2D eigenvalue weighted by Gasteiger charge is 2.28. The highest BCUT2D eigenvalue weighted by molar-refractivity contribution is 5.11. The molecule has 0 aliphatic heterocycles. The first-order valence-electron chi connectivity index (χ1n) is 4.64. The van der Waals surface area contributed by atoms with E-state index in [4.69, 9.17) is 0 Å². The van der Waals surface area contributed by atoms with Crippen LogP contribution in [-0.2, 0) is 0 Å². The second-order valence-corrected chi connectivity index (χ2v) is 3.78. The Kier molecular flexibility index (Phi) is 3.10. The van der Waals surface area contributed by atoms with Gasteiger partial charge in [0.2, 0.25) is 0 Å². The zero-order valence-corrected chi connectivity index (χ0v) is 7.79. The van der Waals surface area contributed by atoms with Crippen molar-refractivity contribution in [3.8, 4) is 0 Å². The molecule has 1 N–H and O–H groups in total. The van der Waals surface area contributed by atoms with E-state index in [0.717, 1.165) is 24.8 Å². The van der Waals surface area contributed by atoms with Gasteiger partial charge in [-0.15, -0.1) is 6.58 Å². The fourth-order valence-electron chi connectivity index (χ4n) is 1.86. The quantitative estimate of drug-likeness (QED) is 0.625. The van der Waals surface area contributed by atoms with E-state index in [1.165, 1.54) is 0 Å². The molecule has 1 aliphatic carbocycles. The summed E-state index contributed by atoms with van der Waals surface area (Å²) < 4.78 is 0. The number of hydrogen-bond donors (Lipinski definition) is 1. The molecule has 0 radical (unpaired) electrons. The molecular formula is C11H18O. The highest BCUT2D eigenvalue weighted by atomic mass is 16.3. The standard InChI is InChI=1S/C11H18O/c1-4-5-10-7-6-8(2)9(3)11(10)12/h4,8,10-12H,1,3,5-7H2,2H3. The van der Waals surface area contributed by atoms with Crippen LogP contribution in [0.2, 0.25) is 0 Å². The summed E-state index contributed by atoms with van der Waals surface area (Å²) in [6.45, 7) is 9.75. The summed E-state index contributed by atoms with van der Waals surface area (Å²) in [6, 6.07) is 0. The van der Waals surface area contributed by atoms with Crippen molar-refractivity contribution in [2.75, 3.05) is 0 Å². The molecule has 1 nitrogen and oxygen atoms in total. The third kappa shape index (κ3) is 1.78. The highest BCUT2D eigenvalue weighted by Crippen LogP contribution is 2.34. The molecule has 12 heavy (non-hydrogen) atoms. The van der Waals surface area contributed by atoms with Crippen LogP contribution >= 0.6 is 0 Å². The summed E-state index contributed by atoms with van der Waals surface area (Å²) in [4.78, 5) is 0. The van der Waals surface area contributed by atoms with Crippen molar-refractivity contribution in [2.24, 2.45) is 11.8 Å². The van der Waals surface area contributed by atoms with E-state index in [9.17, 15) is 5.11 Å². The molecule has 1 aliphatic rings. The van der Waals surface area contributed by atoms with E-state index < -0.39 is 0 Å². The minimum Gasteiger partial charge on any atom is -0.388 e. The predicted octanol–water partition coefficient (Wildman–Crippen LogP) is 2.53. The Morgan fingerprint density at radius 2 is 2.25 bits per heavy atom. The second kappa shape index (κ2) is 3.90. The number of aliphatic hydroxyl groups is 1. The van der Waals surface area contributed by atoms with Crippen molar-refractivity contribution >= 4 is 0 Å². The molecule has 1 saturated carbocycles. The van der Waals surface area contributed by atoms with Crippen molar-refractivity contribution in [1.29, 1.82) is 0 Å². The molecule has 1 fully saturated rings. The number of rotatable bonds is 2. The lowest BCUT2D eigenvalue weighted by molar-refractivity contribution is 0.102. The van der Waals surface area contributed by atoms with Gasteiger partial charge in [0.1, 0.15) is 0 Å². The Bertz CT molecular complexity index is 183. The molecular weight excluding hydrogens is 148 g/mol. The van der Waals surface area contributed by atoms with Gasteiger partial charge in [-0.3, -0.25) is 0 Å². The van der Waals surface area contributed by atoms with Gasteiger partial charge >= 0.3 is 0 Å². The first kappa shape index (κ1) is 9.53. The zero-order valence-electron chi connectivity index (χ0n) is 7.79. The van der Waals surface area contributed by atoms with Gasteiger partial charge < -0.3 is 5.11 Å². The molecule has 1 rings (SSSR count). The normalized spacial score (nSPS) is 36.5. The lowest BCUT2D eigenvalue weighted by Crippen LogP contribution is -2.30. The maximum absolute atomic E-state index is 9.79.